The first-order chi connectivity index (χ1) is 13.0. The Morgan fingerprint density at radius 2 is 2.04 bits per heavy atom. The van der Waals surface area contributed by atoms with E-state index in [-0.39, 0.29) is 24.5 Å². The van der Waals surface area contributed by atoms with E-state index in [1.165, 1.54) is 24.2 Å². The van der Waals surface area contributed by atoms with Crippen LogP contribution in [0.15, 0.2) is 24.4 Å². The van der Waals surface area contributed by atoms with Gasteiger partial charge in [0.15, 0.2) is 0 Å². The zero-order valence-electron chi connectivity index (χ0n) is 15.7. The Morgan fingerprint density at radius 3 is 2.68 bits per heavy atom. The molecular weight excluding hydrogens is 379 g/mol. The Hall–Kier alpha value is -2.82. The molecule has 0 spiro atoms. The number of amides is 2. The van der Waals surface area contributed by atoms with E-state index in [2.05, 4.69) is 20.6 Å². The van der Waals surface area contributed by atoms with Gasteiger partial charge in [-0.05, 0) is 24.6 Å². The third-order valence-corrected chi connectivity index (χ3v) is 3.59. The predicted molar refractivity (Wildman–Crippen MR) is 96.1 cm³/mol. The van der Waals surface area contributed by atoms with Gasteiger partial charge in [-0.3, -0.25) is 9.59 Å². The number of aromatic nitrogens is 2. The van der Waals surface area contributed by atoms with Crippen LogP contribution in [0.4, 0.5) is 13.2 Å². The number of hydrogen-bond acceptors (Lipinski definition) is 5. The highest BCUT2D eigenvalue weighted by molar-refractivity contribution is 5.90. The lowest BCUT2D eigenvalue weighted by Crippen LogP contribution is -2.42. The smallest absolute Gasteiger partial charge is 0.406 e. The van der Waals surface area contributed by atoms with Crippen molar-refractivity contribution in [3.63, 3.8) is 0 Å². The fourth-order valence-corrected chi connectivity index (χ4v) is 2.32. The standard InChI is InChI=1S/C17H22F3N5O3/c1-11(2)7-21-8-16(27)24(3)10-15(26)23-25-9-12-4-5-13(6-14(12)22-25)28-17(18,19)20/h4-6,9,11,21H,7-8,10H2,1-3H3,(H,23,26). The molecule has 1 aromatic carbocycles. The molecule has 0 aliphatic carbocycles. The van der Waals surface area contributed by atoms with E-state index in [1.807, 2.05) is 13.8 Å². The molecule has 0 aliphatic heterocycles. The van der Waals surface area contributed by atoms with E-state index in [1.54, 1.807) is 0 Å². The highest BCUT2D eigenvalue weighted by Gasteiger charge is 2.31. The molecule has 8 nitrogen and oxygen atoms in total. The third kappa shape index (κ3) is 6.72. The summed E-state index contributed by atoms with van der Waals surface area (Å²) in [6.45, 7) is 4.64. The van der Waals surface area contributed by atoms with Gasteiger partial charge in [-0.25, -0.2) is 5.43 Å². The van der Waals surface area contributed by atoms with Crippen molar-refractivity contribution in [3.8, 4) is 5.75 Å². The second-order valence-corrected chi connectivity index (χ2v) is 6.65. The number of alkyl halides is 3. The number of nitrogens with zero attached hydrogens (tertiary/aromatic N) is 3. The quantitative estimate of drug-likeness (QED) is 0.703. The summed E-state index contributed by atoms with van der Waals surface area (Å²) in [7, 11) is 1.50. The lowest BCUT2D eigenvalue weighted by molar-refractivity contribution is -0.274. The molecule has 2 amide bonds. The largest absolute Gasteiger partial charge is 0.573 e. The second kappa shape index (κ2) is 8.91. The second-order valence-electron chi connectivity index (χ2n) is 6.65. The molecule has 0 atom stereocenters. The maximum Gasteiger partial charge on any atom is 0.573 e. The molecule has 11 heteroatoms. The van der Waals surface area contributed by atoms with Crippen molar-refractivity contribution < 1.29 is 27.5 Å². The normalized spacial score (nSPS) is 11.7. The van der Waals surface area contributed by atoms with Gasteiger partial charge in [-0.2, -0.15) is 9.89 Å². The monoisotopic (exact) mass is 401 g/mol. The first-order valence-electron chi connectivity index (χ1n) is 8.53. The number of benzene rings is 1. The Labute approximate surface area is 159 Å². The molecule has 1 heterocycles. The Morgan fingerprint density at radius 1 is 1.32 bits per heavy atom. The van der Waals surface area contributed by atoms with Gasteiger partial charge in [-0.1, -0.05) is 13.8 Å². The molecule has 0 unspecified atom stereocenters. The number of carbonyl (C=O) groups is 2. The molecule has 28 heavy (non-hydrogen) atoms. The summed E-state index contributed by atoms with van der Waals surface area (Å²) < 4.78 is 40.7. The van der Waals surface area contributed by atoms with Crippen molar-refractivity contribution >= 4 is 22.7 Å². The summed E-state index contributed by atoms with van der Waals surface area (Å²) in [6, 6.07) is 3.66. The highest BCUT2D eigenvalue weighted by atomic mass is 19.4. The molecular formula is C17H22F3N5O3. The first kappa shape index (κ1) is 21.5. The third-order valence-electron chi connectivity index (χ3n) is 3.59. The molecule has 0 saturated carbocycles. The highest BCUT2D eigenvalue weighted by Crippen LogP contribution is 2.25. The minimum absolute atomic E-state index is 0.121. The molecule has 0 saturated heterocycles. The first-order valence-corrected chi connectivity index (χ1v) is 8.53. The summed E-state index contributed by atoms with van der Waals surface area (Å²) in [4.78, 5) is 26.4. The van der Waals surface area contributed by atoms with E-state index in [4.69, 9.17) is 0 Å². The van der Waals surface area contributed by atoms with Crippen LogP contribution in [0.1, 0.15) is 13.8 Å². The molecule has 0 radical (unpaired) electrons. The Balaban J connectivity index is 1.92. The van der Waals surface area contributed by atoms with E-state index in [0.29, 0.717) is 17.8 Å². The average Bonchev–Trinajstić information content (AvgIpc) is 2.93. The van der Waals surface area contributed by atoms with E-state index in [9.17, 15) is 22.8 Å². The maximum absolute atomic E-state index is 12.3. The number of rotatable bonds is 8. The molecule has 1 aromatic heterocycles. The number of nitrogens with one attached hydrogen (secondary N) is 2. The number of hydrogen-bond donors (Lipinski definition) is 2. The van der Waals surface area contributed by atoms with Crippen LogP contribution in [-0.4, -0.2) is 59.6 Å². The van der Waals surface area contributed by atoms with Crippen LogP contribution in [-0.2, 0) is 9.59 Å². The van der Waals surface area contributed by atoms with Gasteiger partial charge >= 0.3 is 6.36 Å². The van der Waals surface area contributed by atoms with Gasteiger partial charge in [0, 0.05) is 18.5 Å². The van der Waals surface area contributed by atoms with E-state index in [0.717, 1.165) is 16.9 Å². The minimum Gasteiger partial charge on any atom is -0.406 e. The average molecular weight is 401 g/mol. The molecule has 154 valence electrons. The van der Waals surface area contributed by atoms with Gasteiger partial charge in [-0.15, -0.1) is 13.2 Å². The van der Waals surface area contributed by atoms with Crippen LogP contribution in [0, 0.1) is 5.92 Å². The van der Waals surface area contributed by atoms with E-state index < -0.39 is 18.0 Å². The van der Waals surface area contributed by atoms with Crippen molar-refractivity contribution in [1.82, 2.24) is 20.1 Å². The van der Waals surface area contributed by atoms with Crippen molar-refractivity contribution in [2.75, 3.05) is 32.1 Å². The SMILES string of the molecule is CC(C)CNCC(=O)N(C)CC(=O)Nn1cc2ccc(OC(F)(F)F)cc2n1. The van der Waals surface area contributed by atoms with Gasteiger partial charge in [0.2, 0.25) is 5.91 Å². The summed E-state index contributed by atoms with van der Waals surface area (Å²) in [5.74, 6) is -0.747. The molecule has 2 aromatic rings. The summed E-state index contributed by atoms with van der Waals surface area (Å²) in [5.41, 5.74) is 2.66. The van der Waals surface area contributed by atoms with Crippen LogP contribution < -0.4 is 15.5 Å². The molecule has 2 N–H and O–H groups in total. The number of fused-ring (bicyclic) bond motifs is 1. The topological polar surface area (TPSA) is 88.5 Å². The Kier molecular flexibility index (Phi) is 6.84. The van der Waals surface area contributed by atoms with Crippen molar-refractivity contribution in [1.29, 1.82) is 0 Å². The van der Waals surface area contributed by atoms with Gasteiger partial charge in [0.1, 0.15) is 12.3 Å². The van der Waals surface area contributed by atoms with Crippen LogP contribution in [0.3, 0.4) is 0 Å². The van der Waals surface area contributed by atoms with Crippen LogP contribution in [0.2, 0.25) is 0 Å². The van der Waals surface area contributed by atoms with E-state index >= 15 is 0 Å². The molecule has 2 rings (SSSR count). The lowest BCUT2D eigenvalue weighted by atomic mass is 10.2. The van der Waals surface area contributed by atoms with Crippen molar-refractivity contribution in [2.45, 2.75) is 20.2 Å². The van der Waals surface area contributed by atoms with Gasteiger partial charge in [0.25, 0.3) is 5.91 Å². The van der Waals surface area contributed by atoms with Crippen LogP contribution >= 0.6 is 0 Å². The number of ether oxygens (including phenoxy) is 1. The van der Waals surface area contributed by atoms with Gasteiger partial charge < -0.3 is 15.0 Å². The minimum atomic E-state index is -4.80. The summed E-state index contributed by atoms with van der Waals surface area (Å²) in [5, 5.41) is 7.49. The number of carbonyl (C=O) groups excluding carboxylic acids is 2. The van der Waals surface area contributed by atoms with Crippen molar-refractivity contribution in [3.05, 3.63) is 24.4 Å². The fraction of sp³-hybridized carbons (Fsp3) is 0.471. The maximum atomic E-state index is 12.3. The Bertz CT molecular complexity index is 835. The number of halogens is 3. The molecule has 0 bridgehead atoms. The van der Waals surface area contributed by atoms with Crippen molar-refractivity contribution in [2.24, 2.45) is 5.92 Å². The van der Waals surface area contributed by atoms with Gasteiger partial charge in [0.05, 0.1) is 18.3 Å². The summed E-state index contributed by atoms with van der Waals surface area (Å²) in [6.07, 6.45) is -3.36. The summed E-state index contributed by atoms with van der Waals surface area (Å²) >= 11 is 0. The predicted octanol–water partition coefficient (Wildman–Crippen LogP) is 1.71. The number of likely N-dealkylation sites (N-methyl/N-ethyl adjacent to an activating group) is 1. The molecule has 0 fully saturated rings. The lowest BCUT2D eigenvalue weighted by Gasteiger charge is -2.17. The fourth-order valence-electron chi connectivity index (χ4n) is 2.32. The zero-order chi connectivity index (χ0) is 20.9. The van der Waals surface area contributed by atoms with Crippen LogP contribution in [0.25, 0.3) is 10.9 Å². The zero-order valence-corrected chi connectivity index (χ0v) is 15.7. The van der Waals surface area contributed by atoms with Crippen LogP contribution in [0.5, 0.6) is 5.75 Å². The molecule has 0 aliphatic rings.